The number of hydrogen-bond donors (Lipinski definition) is 2. The molecule has 1 rings (SSSR count). The van der Waals surface area contributed by atoms with Gasteiger partial charge >= 0.3 is 12.0 Å². The van der Waals surface area contributed by atoms with E-state index in [0.717, 1.165) is 19.4 Å². The van der Waals surface area contributed by atoms with E-state index in [4.69, 9.17) is 5.73 Å². The highest BCUT2D eigenvalue weighted by atomic mass is 16.5. The monoisotopic (exact) mass is 229 g/mol. The number of nitrogens with two attached hydrogens (primary N) is 1. The number of ether oxygens (including phenoxy) is 1. The number of esters is 1. The number of carbonyl (C=O) groups is 2. The maximum Gasteiger partial charge on any atom is 0.317 e. The van der Waals surface area contributed by atoms with Gasteiger partial charge < -0.3 is 20.7 Å². The summed E-state index contributed by atoms with van der Waals surface area (Å²) >= 11 is 0. The van der Waals surface area contributed by atoms with Crippen LogP contribution < -0.4 is 11.1 Å². The highest BCUT2D eigenvalue weighted by Crippen LogP contribution is 2.07. The number of carbonyl (C=O) groups excluding carboxylic acids is 2. The van der Waals surface area contributed by atoms with Crippen LogP contribution in [0.5, 0.6) is 0 Å². The number of rotatable bonds is 3. The van der Waals surface area contributed by atoms with Gasteiger partial charge in [-0.3, -0.25) is 4.79 Å². The quantitative estimate of drug-likeness (QED) is 0.650. The van der Waals surface area contributed by atoms with Crippen LogP contribution >= 0.6 is 0 Å². The Bertz CT molecular complexity index is 258. The van der Waals surface area contributed by atoms with E-state index in [0.29, 0.717) is 13.1 Å². The molecule has 1 heterocycles. The Kier molecular flexibility index (Phi) is 5.04. The molecule has 1 saturated heterocycles. The van der Waals surface area contributed by atoms with E-state index < -0.39 is 0 Å². The van der Waals surface area contributed by atoms with Gasteiger partial charge in [-0.2, -0.15) is 0 Å². The zero-order chi connectivity index (χ0) is 12.0. The molecule has 1 aliphatic heterocycles. The van der Waals surface area contributed by atoms with Crippen molar-refractivity contribution in [2.24, 2.45) is 5.73 Å². The molecule has 0 aliphatic carbocycles. The van der Waals surface area contributed by atoms with E-state index in [2.05, 4.69) is 10.1 Å². The second-order valence-electron chi connectivity index (χ2n) is 3.91. The number of nitrogens with zero attached hydrogens (tertiary/aromatic N) is 1. The van der Waals surface area contributed by atoms with E-state index in [1.807, 2.05) is 0 Å². The summed E-state index contributed by atoms with van der Waals surface area (Å²) < 4.78 is 4.47. The van der Waals surface area contributed by atoms with Gasteiger partial charge in [0.25, 0.3) is 0 Å². The van der Waals surface area contributed by atoms with Crippen LogP contribution in [0.1, 0.15) is 19.3 Å². The third kappa shape index (κ3) is 4.06. The molecule has 0 bridgehead atoms. The summed E-state index contributed by atoms with van der Waals surface area (Å²) in [5, 5.41) is 2.67. The Balaban J connectivity index is 2.21. The molecule has 0 aromatic rings. The molecule has 6 heteroatoms. The van der Waals surface area contributed by atoms with Gasteiger partial charge in [0.2, 0.25) is 0 Å². The first kappa shape index (κ1) is 12.8. The number of nitrogens with one attached hydrogen (secondary N) is 1. The second-order valence-corrected chi connectivity index (χ2v) is 3.91. The van der Waals surface area contributed by atoms with Gasteiger partial charge in [0.15, 0.2) is 0 Å². The van der Waals surface area contributed by atoms with Crippen LogP contribution in [0.15, 0.2) is 0 Å². The van der Waals surface area contributed by atoms with Gasteiger partial charge in [0.1, 0.15) is 0 Å². The molecular formula is C10H19N3O3. The standard InChI is InChI=1S/C10H19N3O3/c1-16-9(14)4-5-12-10(15)13-6-2-3-8(11)7-13/h8H,2-7,11H2,1H3,(H,12,15). The number of urea groups is 1. The first-order valence-corrected chi connectivity index (χ1v) is 5.48. The van der Waals surface area contributed by atoms with Crippen LogP contribution in [0.4, 0.5) is 4.79 Å². The average molecular weight is 229 g/mol. The fraction of sp³-hybridized carbons (Fsp3) is 0.800. The maximum absolute atomic E-state index is 11.6. The second kappa shape index (κ2) is 6.32. The summed E-state index contributed by atoms with van der Waals surface area (Å²) in [5.74, 6) is -0.323. The summed E-state index contributed by atoms with van der Waals surface area (Å²) in [6.07, 6.45) is 2.10. The topological polar surface area (TPSA) is 84.7 Å². The predicted octanol–water partition coefficient (Wildman–Crippen LogP) is -0.318. The van der Waals surface area contributed by atoms with Crippen LogP contribution in [-0.4, -0.2) is 49.7 Å². The highest BCUT2D eigenvalue weighted by molar-refractivity contribution is 5.75. The van der Waals surface area contributed by atoms with Crippen molar-refractivity contribution in [3.63, 3.8) is 0 Å². The maximum atomic E-state index is 11.6. The molecule has 0 radical (unpaired) electrons. The number of likely N-dealkylation sites (tertiary alicyclic amines) is 1. The zero-order valence-electron chi connectivity index (χ0n) is 9.57. The third-order valence-corrected chi connectivity index (χ3v) is 2.58. The molecule has 0 aromatic heterocycles. The van der Waals surface area contributed by atoms with Crippen molar-refractivity contribution in [1.29, 1.82) is 0 Å². The molecule has 2 amide bonds. The van der Waals surface area contributed by atoms with E-state index in [9.17, 15) is 9.59 Å². The molecular weight excluding hydrogens is 210 g/mol. The third-order valence-electron chi connectivity index (χ3n) is 2.58. The zero-order valence-corrected chi connectivity index (χ0v) is 9.57. The molecule has 0 saturated carbocycles. The van der Waals surface area contributed by atoms with Gasteiger partial charge in [-0.1, -0.05) is 0 Å². The van der Waals surface area contributed by atoms with Crippen LogP contribution in [0.2, 0.25) is 0 Å². The molecule has 0 aromatic carbocycles. The predicted molar refractivity (Wildman–Crippen MR) is 58.8 cm³/mol. The minimum Gasteiger partial charge on any atom is -0.469 e. The molecule has 0 spiro atoms. The Labute approximate surface area is 95.1 Å². The van der Waals surface area contributed by atoms with E-state index >= 15 is 0 Å². The molecule has 6 nitrogen and oxygen atoms in total. The molecule has 16 heavy (non-hydrogen) atoms. The summed E-state index contributed by atoms with van der Waals surface area (Å²) in [4.78, 5) is 24.1. The Morgan fingerprint density at radius 3 is 2.94 bits per heavy atom. The van der Waals surface area contributed by atoms with Crippen LogP contribution in [0.25, 0.3) is 0 Å². The van der Waals surface area contributed by atoms with Gasteiger partial charge in [0.05, 0.1) is 13.5 Å². The molecule has 92 valence electrons. The molecule has 1 atom stereocenters. The van der Waals surface area contributed by atoms with Gasteiger partial charge in [-0.25, -0.2) is 4.79 Å². The summed E-state index contributed by atoms with van der Waals surface area (Å²) in [6.45, 7) is 1.62. The Hall–Kier alpha value is -1.30. The highest BCUT2D eigenvalue weighted by Gasteiger charge is 2.20. The molecule has 1 unspecified atom stereocenters. The average Bonchev–Trinajstić information content (AvgIpc) is 2.28. The van der Waals surface area contributed by atoms with Crippen molar-refractivity contribution < 1.29 is 14.3 Å². The lowest BCUT2D eigenvalue weighted by atomic mass is 10.1. The number of piperidine rings is 1. The van der Waals surface area contributed by atoms with Crippen molar-refractivity contribution in [3.05, 3.63) is 0 Å². The SMILES string of the molecule is COC(=O)CCNC(=O)N1CCCC(N)C1. The first-order chi connectivity index (χ1) is 7.63. The summed E-state index contributed by atoms with van der Waals surface area (Å²) in [6, 6.07) is -0.0841. The Morgan fingerprint density at radius 2 is 2.31 bits per heavy atom. The lowest BCUT2D eigenvalue weighted by Gasteiger charge is -2.30. The minimum atomic E-state index is -0.323. The number of hydrogen-bond acceptors (Lipinski definition) is 4. The lowest BCUT2D eigenvalue weighted by molar-refractivity contribution is -0.140. The molecule has 3 N–H and O–H groups in total. The first-order valence-electron chi connectivity index (χ1n) is 5.48. The van der Waals surface area contributed by atoms with Gasteiger partial charge in [0, 0.05) is 25.7 Å². The van der Waals surface area contributed by atoms with E-state index in [1.54, 1.807) is 4.90 Å². The molecule has 1 aliphatic rings. The summed E-state index contributed by atoms with van der Waals surface area (Å²) in [7, 11) is 1.33. The fourth-order valence-electron chi connectivity index (χ4n) is 1.68. The Morgan fingerprint density at radius 1 is 1.56 bits per heavy atom. The number of methoxy groups -OCH3 is 1. The van der Waals surface area contributed by atoms with Crippen molar-refractivity contribution in [2.45, 2.75) is 25.3 Å². The van der Waals surface area contributed by atoms with Crippen LogP contribution in [0, 0.1) is 0 Å². The van der Waals surface area contributed by atoms with E-state index in [1.165, 1.54) is 7.11 Å². The van der Waals surface area contributed by atoms with Crippen molar-refractivity contribution in [3.8, 4) is 0 Å². The van der Waals surface area contributed by atoms with E-state index in [-0.39, 0.29) is 24.5 Å². The minimum absolute atomic E-state index is 0.0695. The lowest BCUT2D eigenvalue weighted by Crippen LogP contribution is -2.49. The summed E-state index contributed by atoms with van der Waals surface area (Å²) in [5.41, 5.74) is 5.77. The van der Waals surface area contributed by atoms with Crippen molar-refractivity contribution in [1.82, 2.24) is 10.2 Å². The van der Waals surface area contributed by atoms with Crippen molar-refractivity contribution >= 4 is 12.0 Å². The number of amides is 2. The van der Waals surface area contributed by atoms with Gasteiger partial charge in [-0.15, -0.1) is 0 Å². The normalized spacial score (nSPS) is 20.4. The smallest absolute Gasteiger partial charge is 0.317 e. The molecule has 1 fully saturated rings. The van der Waals surface area contributed by atoms with Crippen LogP contribution in [-0.2, 0) is 9.53 Å². The van der Waals surface area contributed by atoms with Gasteiger partial charge in [-0.05, 0) is 12.8 Å². The van der Waals surface area contributed by atoms with Crippen molar-refractivity contribution in [2.75, 3.05) is 26.7 Å². The fourth-order valence-corrected chi connectivity index (χ4v) is 1.68. The largest absolute Gasteiger partial charge is 0.469 e. The van der Waals surface area contributed by atoms with Crippen LogP contribution in [0.3, 0.4) is 0 Å².